The molecule has 0 atom stereocenters. The van der Waals surface area contributed by atoms with Crippen LogP contribution in [0.4, 0.5) is 15.2 Å². The van der Waals surface area contributed by atoms with Gasteiger partial charge in [0.15, 0.2) is 0 Å². The van der Waals surface area contributed by atoms with Gasteiger partial charge in [-0.25, -0.2) is 4.39 Å². The Bertz CT molecular complexity index is 619. The van der Waals surface area contributed by atoms with Gasteiger partial charge in [-0.1, -0.05) is 18.3 Å². The normalized spacial score (nSPS) is 10.3. The number of hydrogen-bond donors (Lipinski definition) is 2. The number of nitrogens with zero attached hydrogens (tertiary/aromatic N) is 2. The summed E-state index contributed by atoms with van der Waals surface area (Å²) in [5, 5.41) is 14.3. The zero-order valence-corrected chi connectivity index (χ0v) is 13.0. The summed E-state index contributed by atoms with van der Waals surface area (Å²) in [4.78, 5) is 12.0. The largest absolute Gasteiger partial charge is 0.360 e. The van der Waals surface area contributed by atoms with E-state index in [2.05, 4.69) is 36.8 Å². The summed E-state index contributed by atoms with van der Waals surface area (Å²) in [6.45, 7) is 2.81. The molecule has 1 heterocycles. The topological polar surface area (TPSA) is 66.9 Å². The second kappa shape index (κ2) is 6.76. The van der Waals surface area contributed by atoms with Gasteiger partial charge < -0.3 is 10.6 Å². The molecule has 2 aromatic rings. The minimum Gasteiger partial charge on any atom is -0.360 e. The summed E-state index contributed by atoms with van der Waals surface area (Å²) < 4.78 is 13.4. The number of anilines is 2. The molecule has 0 bridgehead atoms. The van der Waals surface area contributed by atoms with Crippen LogP contribution >= 0.6 is 27.3 Å². The number of carbonyl (C=O) groups excluding carboxylic acids is 1. The minimum atomic E-state index is -0.378. The van der Waals surface area contributed by atoms with E-state index in [1.165, 1.54) is 29.5 Å². The van der Waals surface area contributed by atoms with Crippen LogP contribution in [0.2, 0.25) is 0 Å². The molecule has 1 aromatic heterocycles. The van der Waals surface area contributed by atoms with Crippen LogP contribution in [0.1, 0.15) is 23.1 Å². The van der Waals surface area contributed by atoms with Crippen molar-refractivity contribution in [3.8, 4) is 0 Å². The molecule has 0 aliphatic heterocycles. The van der Waals surface area contributed by atoms with Crippen molar-refractivity contribution in [2.75, 3.05) is 17.2 Å². The van der Waals surface area contributed by atoms with Crippen LogP contribution in [-0.4, -0.2) is 22.6 Å². The molecular weight excluding hydrogens is 347 g/mol. The lowest BCUT2D eigenvalue weighted by molar-refractivity contribution is 0.102. The van der Waals surface area contributed by atoms with Crippen molar-refractivity contribution in [3.63, 3.8) is 0 Å². The molecule has 106 valence electrons. The first-order chi connectivity index (χ1) is 9.60. The van der Waals surface area contributed by atoms with E-state index in [1.54, 1.807) is 0 Å². The fraction of sp³-hybridized carbons (Fsp3) is 0.250. The van der Waals surface area contributed by atoms with Gasteiger partial charge in [0.1, 0.15) is 5.82 Å². The third-order valence-electron chi connectivity index (χ3n) is 2.32. The fourth-order valence-corrected chi connectivity index (χ4v) is 2.50. The standard InChI is InChI=1S/C12H12BrFN4OS/c1-2-5-15-12-18-17-11(20-12)10(19)16-9-4-3-7(14)6-8(9)13/h3-4,6H,2,5H2,1H3,(H,15,18)(H,16,19). The van der Waals surface area contributed by atoms with Crippen molar-refractivity contribution >= 4 is 44.0 Å². The number of aromatic nitrogens is 2. The summed E-state index contributed by atoms with van der Waals surface area (Å²) in [6.07, 6.45) is 0.962. The van der Waals surface area contributed by atoms with Gasteiger partial charge >= 0.3 is 0 Å². The van der Waals surface area contributed by atoms with Crippen molar-refractivity contribution < 1.29 is 9.18 Å². The first-order valence-corrected chi connectivity index (χ1v) is 7.55. The maximum Gasteiger partial charge on any atom is 0.286 e. The van der Waals surface area contributed by atoms with Crippen molar-refractivity contribution in [1.29, 1.82) is 0 Å². The molecule has 0 unspecified atom stereocenters. The molecule has 8 heteroatoms. The van der Waals surface area contributed by atoms with Crippen LogP contribution in [0, 0.1) is 5.82 Å². The molecule has 2 rings (SSSR count). The molecule has 0 spiro atoms. The molecule has 5 nitrogen and oxygen atoms in total. The van der Waals surface area contributed by atoms with Gasteiger partial charge in [0.25, 0.3) is 5.91 Å². The average molecular weight is 359 g/mol. The summed E-state index contributed by atoms with van der Waals surface area (Å²) in [5.74, 6) is -0.754. The van der Waals surface area contributed by atoms with Gasteiger partial charge in [0.05, 0.1) is 5.69 Å². The van der Waals surface area contributed by atoms with E-state index in [-0.39, 0.29) is 16.7 Å². The van der Waals surface area contributed by atoms with Crippen molar-refractivity contribution in [2.24, 2.45) is 0 Å². The average Bonchev–Trinajstić information content (AvgIpc) is 2.88. The maximum absolute atomic E-state index is 13.0. The first-order valence-electron chi connectivity index (χ1n) is 5.94. The Balaban J connectivity index is 2.06. The Morgan fingerprint density at radius 1 is 1.45 bits per heavy atom. The van der Waals surface area contributed by atoms with E-state index >= 15 is 0 Å². The maximum atomic E-state index is 13.0. The van der Waals surface area contributed by atoms with Gasteiger partial charge in [-0.15, -0.1) is 10.2 Å². The second-order valence-corrected chi connectivity index (χ2v) is 5.75. The molecule has 0 radical (unpaired) electrons. The zero-order chi connectivity index (χ0) is 14.5. The van der Waals surface area contributed by atoms with E-state index in [0.29, 0.717) is 15.3 Å². The van der Waals surface area contributed by atoms with Crippen LogP contribution < -0.4 is 10.6 Å². The summed E-state index contributed by atoms with van der Waals surface area (Å²) >= 11 is 4.36. The highest BCUT2D eigenvalue weighted by atomic mass is 79.9. The third-order valence-corrected chi connectivity index (χ3v) is 3.86. The number of benzene rings is 1. The van der Waals surface area contributed by atoms with Crippen molar-refractivity contribution in [3.05, 3.63) is 33.5 Å². The Hall–Kier alpha value is -1.54. The monoisotopic (exact) mass is 358 g/mol. The number of hydrogen-bond acceptors (Lipinski definition) is 5. The lowest BCUT2D eigenvalue weighted by Crippen LogP contribution is -2.12. The highest BCUT2D eigenvalue weighted by Gasteiger charge is 2.14. The lowest BCUT2D eigenvalue weighted by atomic mass is 10.3. The summed E-state index contributed by atoms with van der Waals surface area (Å²) in [7, 11) is 0. The van der Waals surface area contributed by atoms with Gasteiger partial charge in [-0.2, -0.15) is 0 Å². The van der Waals surface area contributed by atoms with Crippen LogP contribution in [-0.2, 0) is 0 Å². The van der Waals surface area contributed by atoms with Crippen LogP contribution in [0.25, 0.3) is 0 Å². The summed E-state index contributed by atoms with van der Waals surface area (Å²) in [6, 6.07) is 4.03. The quantitative estimate of drug-likeness (QED) is 0.857. The smallest absolute Gasteiger partial charge is 0.286 e. The van der Waals surface area contributed by atoms with E-state index < -0.39 is 0 Å². The first kappa shape index (κ1) is 14.9. The van der Waals surface area contributed by atoms with Gasteiger partial charge in [0.2, 0.25) is 10.1 Å². The second-order valence-electron chi connectivity index (χ2n) is 3.92. The number of carbonyl (C=O) groups is 1. The van der Waals surface area contributed by atoms with Crippen molar-refractivity contribution in [2.45, 2.75) is 13.3 Å². The van der Waals surface area contributed by atoms with Crippen LogP contribution in [0.3, 0.4) is 0 Å². The Kier molecular flexibility index (Phi) is 5.02. The molecule has 0 fully saturated rings. The highest BCUT2D eigenvalue weighted by Crippen LogP contribution is 2.24. The van der Waals surface area contributed by atoms with Gasteiger partial charge in [-0.3, -0.25) is 4.79 Å². The Labute approximate surface area is 127 Å². The molecule has 1 amide bonds. The Morgan fingerprint density at radius 2 is 2.25 bits per heavy atom. The molecule has 0 saturated carbocycles. The van der Waals surface area contributed by atoms with E-state index in [1.807, 2.05) is 6.92 Å². The van der Waals surface area contributed by atoms with E-state index in [0.717, 1.165) is 13.0 Å². The third kappa shape index (κ3) is 3.73. The van der Waals surface area contributed by atoms with E-state index in [9.17, 15) is 9.18 Å². The molecule has 1 aromatic carbocycles. The van der Waals surface area contributed by atoms with Crippen LogP contribution in [0.5, 0.6) is 0 Å². The summed E-state index contributed by atoms with van der Waals surface area (Å²) in [5.41, 5.74) is 0.481. The molecule has 0 aliphatic rings. The van der Waals surface area contributed by atoms with Crippen molar-refractivity contribution in [1.82, 2.24) is 10.2 Å². The molecule has 0 saturated heterocycles. The SMILES string of the molecule is CCCNc1nnc(C(=O)Nc2ccc(F)cc2Br)s1. The Morgan fingerprint density at radius 3 is 2.95 bits per heavy atom. The predicted molar refractivity (Wildman–Crippen MR) is 80.7 cm³/mol. The molecule has 0 aliphatic carbocycles. The van der Waals surface area contributed by atoms with Crippen LogP contribution in [0.15, 0.2) is 22.7 Å². The molecule has 2 N–H and O–H groups in total. The van der Waals surface area contributed by atoms with E-state index in [4.69, 9.17) is 0 Å². The minimum absolute atomic E-state index is 0.250. The van der Waals surface area contributed by atoms with Gasteiger partial charge in [0, 0.05) is 11.0 Å². The zero-order valence-electron chi connectivity index (χ0n) is 10.6. The predicted octanol–water partition coefficient (Wildman–Crippen LogP) is 3.51. The fourth-order valence-electron chi connectivity index (χ4n) is 1.38. The number of amides is 1. The lowest BCUT2D eigenvalue weighted by Gasteiger charge is -2.05. The number of halogens is 2. The molecular formula is C12H12BrFN4OS. The number of nitrogens with one attached hydrogen (secondary N) is 2. The molecule has 20 heavy (non-hydrogen) atoms. The van der Waals surface area contributed by atoms with Gasteiger partial charge in [-0.05, 0) is 40.5 Å². The highest BCUT2D eigenvalue weighted by molar-refractivity contribution is 9.10. The number of rotatable bonds is 5.